The van der Waals surface area contributed by atoms with Gasteiger partial charge in [0.2, 0.25) is 0 Å². The molecular weight excluding hydrogens is 246 g/mol. The van der Waals surface area contributed by atoms with Crippen LogP contribution < -0.4 is 0 Å². The molecule has 0 spiro atoms. The van der Waals surface area contributed by atoms with Crippen molar-refractivity contribution < 1.29 is 19.1 Å². The first-order chi connectivity index (χ1) is 8.78. The van der Waals surface area contributed by atoms with Gasteiger partial charge in [-0.2, -0.15) is 0 Å². The zero-order valence-corrected chi connectivity index (χ0v) is 12.4. The molecule has 0 radical (unpaired) electrons. The summed E-state index contributed by atoms with van der Waals surface area (Å²) in [6, 6.07) is 0. The van der Waals surface area contributed by atoms with Crippen LogP contribution in [0.1, 0.15) is 41.0 Å². The molecule has 1 aliphatic rings. The Morgan fingerprint density at radius 3 is 2.32 bits per heavy atom. The highest BCUT2D eigenvalue weighted by atomic mass is 16.6. The van der Waals surface area contributed by atoms with Gasteiger partial charge in [-0.1, -0.05) is 6.92 Å². The lowest BCUT2D eigenvalue weighted by molar-refractivity contribution is -0.138. The predicted octanol–water partition coefficient (Wildman–Crippen LogP) is 2.51. The van der Waals surface area contributed by atoms with Crippen molar-refractivity contribution in [2.75, 3.05) is 19.7 Å². The third-order valence-electron chi connectivity index (χ3n) is 2.76. The molecule has 0 aromatic rings. The number of carbonyl (C=O) groups is 2. The van der Waals surface area contributed by atoms with E-state index < -0.39 is 11.7 Å². The largest absolute Gasteiger partial charge is 0.463 e. The molecule has 0 saturated heterocycles. The van der Waals surface area contributed by atoms with Gasteiger partial charge in [0.05, 0.1) is 18.7 Å². The zero-order valence-electron chi connectivity index (χ0n) is 12.4. The van der Waals surface area contributed by atoms with E-state index in [1.807, 2.05) is 27.7 Å². The third-order valence-corrected chi connectivity index (χ3v) is 2.76. The van der Waals surface area contributed by atoms with Gasteiger partial charge in [0.25, 0.3) is 0 Å². The van der Waals surface area contributed by atoms with E-state index in [4.69, 9.17) is 9.47 Å². The number of hydrogen-bond acceptors (Lipinski definition) is 4. The van der Waals surface area contributed by atoms with Gasteiger partial charge in [-0.05, 0) is 39.7 Å². The van der Waals surface area contributed by atoms with Crippen LogP contribution >= 0.6 is 0 Å². The fourth-order valence-electron chi connectivity index (χ4n) is 1.89. The van der Waals surface area contributed by atoms with Crippen molar-refractivity contribution >= 4 is 12.1 Å². The highest BCUT2D eigenvalue weighted by Crippen LogP contribution is 2.23. The quantitative estimate of drug-likeness (QED) is 0.739. The maximum absolute atomic E-state index is 12.0. The summed E-state index contributed by atoms with van der Waals surface area (Å²) in [5.74, 6) is -0.328. The first-order valence-electron chi connectivity index (χ1n) is 6.64. The molecule has 108 valence electrons. The van der Waals surface area contributed by atoms with Crippen molar-refractivity contribution in [3.05, 3.63) is 11.1 Å². The van der Waals surface area contributed by atoms with Crippen LogP contribution in [0.15, 0.2) is 11.1 Å². The molecule has 0 atom stereocenters. The smallest absolute Gasteiger partial charge is 0.410 e. The normalized spacial score (nSPS) is 15.7. The second kappa shape index (κ2) is 6.08. The van der Waals surface area contributed by atoms with E-state index in [0.717, 1.165) is 12.0 Å². The lowest BCUT2D eigenvalue weighted by Gasteiger charge is -2.24. The molecule has 5 heteroatoms. The Balaban J connectivity index is 2.72. The van der Waals surface area contributed by atoms with Crippen molar-refractivity contribution in [1.29, 1.82) is 0 Å². The summed E-state index contributed by atoms with van der Waals surface area (Å²) in [7, 11) is 0. The Bertz CT molecular complexity index is 393. The topological polar surface area (TPSA) is 55.8 Å². The molecule has 19 heavy (non-hydrogen) atoms. The van der Waals surface area contributed by atoms with E-state index in [0.29, 0.717) is 18.7 Å². The summed E-state index contributed by atoms with van der Waals surface area (Å²) in [5, 5.41) is 0. The minimum Gasteiger partial charge on any atom is -0.463 e. The van der Waals surface area contributed by atoms with Crippen molar-refractivity contribution in [3.63, 3.8) is 0 Å². The molecule has 1 aliphatic heterocycles. The Labute approximate surface area is 114 Å². The van der Waals surface area contributed by atoms with Gasteiger partial charge in [0.1, 0.15) is 5.60 Å². The van der Waals surface area contributed by atoms with Gasteiger partial charge in [-0.15, -0.1) is 0 Å². The summed E-state index contributed by atoms with van der Waals surface area (Å²) < 4.78 is 10.3. The van der Waals surface area contributed by atoms with Crippen LogP contribution in [0.25, 0.3) is 0 Å². The van der Waals surface area contributed by atoms with Crippen LogP contribution in [-0.2, 0) is 14.3 Å². The molecule has 5 nitrogen and oxygen atoms in total. The van der Waals surface area contributed by atoms with Crippen molar-refractivity contribution in [3.8, 4) is 0 Å². The standard InChI is InChI=1S/C14H23NO4/c1-6-10-8-15(13(17)19-14(3,4)5)9-11(10)12(16)18-7-2/h6-9H2,1-5H3. The van der Waals surface area contributed by atoms with E-state index >= 15 is 0 Å². The van der Waals surface area contributed by atoms with Gasteiger partial charge in [-0.3, -0.25) is 4.90 Å². The van der Waals surface area contributed by atoms with Gasteiger partial charge in [0, 0.05) is 6.54 Å². The number of amides is 1. The molecule has 1 amide bonds. The van der Waals surface area contributed by atoms with E-state index in [1.165, 1.54) is 4.90 Å². The molecule has 0 N–H and O–H groups in total. The monoisotopic (exact) mass is 269 g/mol. The molecule has 0 aromatic heterocycles. The van der Waals surface area contributed by atoms with E-state index in [2.05, 4.69) is 0 Å². The van der Waals surface area contributed by atoms with Crippen LogP contribution in [0.5, 0.6) is 0 Å². The molecule has 0 aliphatic carbocycles. The highest BCUT2D eigenvalue weighted by molar-refractivity contribution is 5.91. The molecule has 0 saturated carbocycles. The average molecular weight is 269 g/mol. The van der Waals surface area contributed by atoms with Crippen LogP contribution in [0.4, 0.5) is 4.79 Å². The minimum atomic E-state index is -0.532. The molecule has 1 heterocycles. The van der Waals surface area contributed by atoms with Gasteiger partial charge >= 0.3 is 12.1 Å². The lowest BCUT2D eigenvalue weighted by Crippen LogP contribution is -2.36. The minimum absolute atomic E-state index is 0.275. The molecular formula is C14H23NO4. The average Bonchev–Trinajstić information content (AvgIpc) is 2.71. The fourth-order valence-corrected chi connectivity index (χ4v) is 1.89. The maximum Gasteiger partial charge on any atom is 0.410 e. The summed E-state index contributed by atoms with van der Waals surface area (Å²) in [5.41, 5.74) is 1.01. The van der Waals surface area contributed by atoms with Crippen molar-refractivity contribution in [2.45, 2.75) is 46.6 Å². The summed E-state index contributed by atoms with van der Waals surface area (Å²) in [6.07, 6.45) is 0.339. The van der Waals surface area contributed by atoms with E-state index in [1.54, 1.807) is 6.92 Å². The van der Waals surface area contributed by atoms with Crippen LogP contribution in [0, 0.1) is 0 Å². The second-order valence-electron chi connectivity index (χ2n) is 5.49. The molecule has 0 unspecified atom stereocenters. The highest BCUT2D eigenvalue weighted by Gasteiger charge is 2.32. The van der Waals surface area contributed by atoms with Crippen molar-refractivity contribution in [2.24, 2.45) is 0 Å². The predicted molar refractivity (Wildman–Crippen MR) is 71.8 cm³/mol. The third kappa shape index (κ3) is 4.26. The first-order valence-corrected chi connectivity index (χ1v) is 6.64. The number of carbonyl (C=O) groups excluding carboxylic acids is 2. The second-order valence-corrected chi connectivity index (χ2v) is 5.49. The summed E-state index contributed by atoms with van der Waals surface area (Å²) in [6.45, 7) is 10.3. The van der Waals surface area contributed by atoms with Gasteiger partial charge in [0.15, 0.2) is 0 Å². The summed E-state index contributed by atoms with van der Waals surface area (Å²) in [4.78, 5) is 25.3. The number of hydrogen-bond donors (Lipinski definition) is 0. The molecule has 0 aromatic carbocycles. The van der Waals surface area contributed by atoms with Gasteiger partial charge in [-0.25, -0.2) is 9.59 Å². The zero-order chi connectivity index (χ0) is 14.6. The fraction of sp³-hybridized carbons (Fsp3) is 0.714. The van der Waals surface area contributed by atoms with Crippen molar-refractivity contribution in [1.82, 2.24) is 4.90 Å². The number of ether oxygens (including phenoxy) is 2. The Kier molecular flexibility index (Phi) is 4.97. The van der Waals surface area contributed by atoms with Crippen LogP contribution in [0.3, 0.4) is 0 Å². The molecule has 0 fully saturated rings. The Hall–Kier alpha value is -1.52. The lowest BCUT2D eigenvalue weighted by atomic mass is 10.1. The number of esters is 1. The Morgan fingerprint density at radius 1 is 1.21 bits per heavy atom. The van der Waals surface area contributed by atoms with Crippen LogP contribution in [-0.4, -0.2) is 42.3 Å². The molecule has 0 bridgehead atoms. The van der Waals surface area contributed by atoms with E-state index in [-0.39, 0.29) is 12.5 Å². The molecule has 1 rings (SSSR count). The number of nitrogens with zero attached hydrogens (tertiary/aromatic N) is 1. The number of rotatable bonds is 3. The first kappa shape index (κ1) is 15.5. The maximum atomic E-state index is 12.0. The van der Waals surface area contributed by atoms with Gasteiger partial charge < -0.3 is 9.47 Å². The van der Waals surface area contributed by atoms with Crippen LogP contribution in [0.2, 0.25) is 0 Å². The SMILES string of the molecule is CCOC(=O)C1=C(CC)CN(C(=O)OC(C)(C)C)C1. The summed E-state index contributed by atoms with van der Waals surface area (Å²) >= 11 is 0. The Morgan fingerprint density at radius 2 is 1.84 bits per heavy atom. The van der Waals surface area contributed by atoms with E-state index in [9.17, 15) is 9.59 Å².